The van der Waals surface area contributed by atoms with E-state index in [0.29, 0.717) is 12.1 Å². The van der Waals surface area contributed by atoms with Crippen LogP contribution in [0.5, 0.6) is 0 Å². The molecule has 0 spiro atoms. The lowest BCUT2D eigenvalue weighted by molar-refractivity contribution is 0.590. The highest BCUT2D eigenvalue weighted by Gasteiger charge is 2.42. The zero-order chi connectivity index (χ0) is 23.4. The van der Waals surface area contributed by atoms with Gasteiger partial charge in [0.25, 0.3) is 0 Å². The van der Waals surface area contributed by atoms with Gasteiger partial charge in [-0.25, -0.2) is 0 Å². The van der Waals surface area contributed by atoms with Crippen LogP contribution in [0.4, 0.5) is 5.69 Å². The van der Waals surface area contributed by atoms with E-state index in [2.05, 4.69) is 128 Å². The highest BCUT2D eigenvalue weighted by atomic mass is 15.3. The fraction of sp³-hybridized carbons (Fsp3) is 0.419. The van der Waals surface area contributed by atoms with Crippen molar-refractivity contribution < 1.29 is 0 Å². The van der Waals surface area contributed by atoms with Crippen molar-refractivity contribution in [1.29, 1.82) is 0 Å². The van der Waals surface area contributed by atoms with Crippen LogP contribution in [0.1, 0.15) is 72.1 Å². The molecule has 0 N–H and O–H groups in total. The van der Waals surface area contributed by atoms with E-state index in [9.17, 15) is 0 Å². The van der Waals surface area contributed by atoms with Crippen LogP contribution in [-0.4, -0.2) is 12.1 Å². The second-order valence-corrected chi connectivity index (χ2v) is 11.8. The van der Waals surface area contributed by atoms with Gasteiger partial charge in [-0.3, -0.25) is 0 Å². The van der Waals surface area contributed by atoms with Gasteiger partial charge in [-0.2, -0.15) is 0 Å². The fourth-order valence-corrected chi connectivity index (χ4v) is 4.71. The Labute approximate surface area is 195 Å². The van der Waals surface area contributed by atoms with E-state index in [1.54, 1.807) is 0 Å². The molecule has 3 aromatic rings. The highest BCUT2D eigenvalue weighted by molar-refractivity contribution is 5.93. The maximum absolute atomic E-state index is 2.58. The third-order valence-electron chi connectivity index (χ3n) is 7.12. The van der Waals surface area contributed by atoms with Crippen LogP contribution in [0.3, 0.4) is 0 Å². The molecule has 1 heteroatoms. The number of nitrogens with zero attached hydrogens (tertiary/aromatic N) is 1. The van der Waals surface area contributed by atoms with Gasteiger partial charge in [0.1, 0.15) is 0 Å². The largest absolute Gasteiger partial charge is 0.361 e. The number of anilines is 1. The van der Waals surface area contributed by atoms with Gasteiger partial charge in [0, 0.05) is 23.2 Å². The van der Waals surface area contributed by atoms with Gasteiger partial charge in [-0.15, -0.1) is 0 Å². The topological polar surface area (TPSA) is 3.01 Å². The quantitative estimate of drug-likeness (QED) is 0.380. The Morgan fingerprint density at radius 2 is 0.938 bits per heavy atom. The summed E-state index contributed by atoms with van der Waals surface area (Å²) in [6.45, 7) is 20.6. The van der Waals surface area contributed by atoms with Crippen molar-refractivity contribution in [2.45, 2.75) is 85.2 Å². The summed E-state index contributed by atoms with van der Waals surface area (Å²) in [5.74, 6) is 0. The lowest BCUT2D eigenvalue weighted by Crippen LogP contribution is -2.10. The van der Waals surface area contributed by atoms with Gasteiger partial charge in [-0.1, -0.05) is 90.1 Å². The molecule has 0 aliphatic carbocycles. The van der Waals surface area contributed by atoms with Gasteiger partial charge in [0.15, 0.2) is 0 Å². The predicted octanol–water partition coefficient (Wildman–Crippen LogP) is 8.52. The lowest BCUT2D eigenvalue weighted by atomic mass is 9.85. The van der Waals surface area contributed by atoms with Crippen LogP contribution < -0.4 is 4.90 Å². The minimum absolute atomic E-state index is 0.164. The van der Waals surface area contributed by atoms with Crippen LogP contribution in [0, 0.1) is 6.92 Å². The third-order valence-corrected chi connectivity index (χ3v) is 7.12. The molecule has 1 aliphatic rings. The molecule has 1 aliphatic heterocycles. The van der Waals surface area contributed by atoms with Crippen LogP contribution in [-0.2, 0) is 10.8 Å². The van der Waals surface area contributed by atoms with Crippen molar-refractivity contribution in [2.24, 2.45) is 0 Å². The Kier molecular flexibility index (Phi) is 5.52. The third kappa shape index (κ3) is 4.22. The summed E-state index contributed by atoms with van der Waals surface area (Å²) in [7, 11) is 0. The molecule has 4 rings (SSSR count). The van der Waals surface area contributed by atoms with Gasteiger partial charge < -0.3 is 4.90 Å². The minimum Gasteiger partial charge on any atom is -0.361 e. The summed E-state index contributed by atoms with van der Waals surface area (Å²) in [4.78, 5) is 2.58. The normalized spacial score (nSPS) is 18.7. The maximum Gasteiger partial charge on any atom is 0.0532 e. The second kappa shape index (κ2) is 7.80. The average Bonchev–Trinajstić information content (AvgIpc) is 3.31. The molecule has 1 fully saturated rings. The van der Waals surface area contributed by atoms with Gasteiger partial charge in [-0.05, 0) is 71.6 Å². The lowest BCUT2D eigenvalue weighted by Gasteiger charge is -2.23. The number of aryl methyl sites for hydroxylation is 1. The molecule has 2 unspecified atom stereocenters. The Morgan fingerprint density at radius 1 is 0.594 bits per heavy atom. The van der Waals surface area contributed by atoms with E-state index < -0.39 is 0 Å². The van der Waals surface area contributed by atoms with Crippen molar-refractivity contribution in [1.82, 2.24) is 0 Å². The van der Waals surface area contributed by atoms with Crippen LogP contribution in [0.15, 0.2) is 60.7 Å². The van der Waals surface area contributed by atoms with Crippen LogP contribution in [0.25, 0.3) is 22.3 Å². The molecule has 168 valence electrons. The molecule has 0 radical (unpaired) electrons. The van der Waals surface area contributed by atoms with Gasteiger partial charge in [0.2, 0.25) is 0 Å². The molecule has 32 heavy (non-hydrogen) atoms. The van der Waals surface area contributed by atoms with E-state index in [4.69, 9.17) is 0 Å². The summed E-state index contributed by atoms with van der Waals surface area (Å²) < 4.78 is 0. The second-order valence-electron chi connectivity index (χ2n) is 11.8. The van der Waals surface area contributed by atoms with E-state index in [0.717, 1.165) is 0 Å². The first-order chi connectivity index (χ1) is 14.9. The van der Waals surface area contributed by atoms with Crippen molar-refractivity contribution in [3.63, 3.8) is 0 Å². The highest BCUT2D eigenvalue weighted by Crippen LogP contribution is 2.48. The minimum atomic E-state index is 0.164. The summed E-state index contributed by atoms with van der Waals surface area (Å²) in [6, 6.07) is 24.3. The van der Waals surface area contributed by atoms with Gasteiger partial charge in [0.05, 0.1) is 5.69 Å². The molecular formula is C31H39N. The zero-order valence-electron chi connectivity index (χ0n) is 21.4. The summed E-state index contributed by atoms with van der Waals surface area (Å²) >= 11 is 0. The number of hydrogen-bond acceptors (Lipinski definition) is 1. The van der Waals surface area contributed by atoms with Gasteiger partial charge >= 0.3 is 0 Å². The molecule has 1 nitrogen and oxygen atoms in total. The standard InChI is InChI=1S/C31H39N/c1-20-18-27(23-10-14-25(15-11-23)30(4,5)6)29(32-21(2)22(32)3)28(19-20)24-12-16-26(17-13-24)31(7,8)9/h10-19,21-22H,1-9H3. The molecule has 0 saturated carbocycles. The maximum atomic E-state index is 2.58. The fourth-order valence-electron chi connectivity index (χ4n) is 4.71. The predicted molar refractivity (Wildman–Crippen MR) is 141 cm³/mol. The first kappa shape index (κ1) is 22.6. The van der Waals surface area contributed by atoms with Crippen molar-refractivity contribution >= 4 is 5.69 Å². The molecule has 3 aromatic carbocycles. The Morgan fingerprint density at radius 3 is 1.22 bits per heavy atom. The molecule has 1 heterocycles. The van der Waals surface area contributed by atoms with Crippen molar-refractivity contribution in [2.75, 3.05) is 4.90 Å². The van der Waals surface area contributed by atoms with Crippen LogP contribution in [0.2, 0.25) is 0 Å². The monoisotopic (exact) mass is 425 g/mol. The number of benzene rings is 3. The summed E-state index contributed by atoms with van der Waals surface area (Å²) in [5, 5.41) is 0. The summed E-state index contributed by atoms with van der Waals surface area (Å²) in [6.07, 6.45) is 0. The first-order valence-corrected chi connectivity index (χ1v) is 12.0. The Hall–Kier alpha value is -2.54. The Bertz CT molecular complexity index is 1020. The summed E-state index contributed by atoms with van der Waals surface area (Å²) in [5.41, 5.74) is 11.1. The zero-order valence-corrected chi connectivity index (χ0v) is 21.4. The van der Waals surface area contributed by atoms with E-state index >= 15 is 0 Å². The van der Waals surface area contributed by atoms with E-state index in [-0.39, 0.29) is 10.8 Å². The van der Waals surface area contributed by atoms with Crippen LogP contribution >= 0.6 is 0 Å². The molecule has 1 saturated heterocycles. The van der Waals surface area contributed by atoms with E-state index in [1.165, 1.54) is 44.6 Å². The molecule has 2 atom stereocenters. The van der Waals surface area contributed by atoms with E-state index in [1.807, 2.05) is 0 Å². The SMILES string of the molecule is Cc1cc(-c2ccc(C(C)(C)C)cc2)c(N2C(C)C2C)c(-c2ccc(C(C)(C)C)cc2)c1. The van der Waals surface area contributed by atoms with Crippen molar-refractivity contribution in [3.8, 4) is 22.3 Å². The average molecular weight is 426 g/mol. The molecule has 0 aromatic heterocycles. The Balaban J connectivity index is 1.88. The first-order valence-electron chi connectivity index (χ1n) is 12.0. The molecular weight excluding hydrogens is 386 g/mol. The molecule has 0 amide bonds. The molecule has 0 bridgehead atoms. The number of rotatable bonds is 3. The smallest absolute Gasteiger partial charge is 0.0532 e. The van der Waals surface area contributed by atoms with Crippen molar-refractivity contribution in [3.05, 3.63) is 77.4 Å². The number of hydrogen-bond donors (Lipinski definition) is 0.